The summed E-state index contributed by atoms with van der Waals surface area (Å²) in [5, 5.41) is 10.1. The number of para-hydroxylation sites is 1. The minimum atomic E-state index is -4.24. The number of hydrogen-bond acceptors (Lipinski definition) is 4. The summed E-state index contributed by atoms with van der Waals surface area (Å²) < 4.78 is 31.5. The summed E-state index contributed by atoms with van der Waals surface area (Å²) in [5.74, 6) is 0. The third-order valence-electron chi connectivity index (χ3n) is 3.39. The van der Waals surface area contributed by atoms with Gasteiger partial charge in [0.15, 0.2) is 0 Å². The zero-order valence-corrected chi connectivity index (χ0v) is 13.9. The van der Waals surface area contributed by atoms with Gasteiger partial charge in [0.1, 0.15) is 0 Å². The van der Waals surface area contributed by atoms with Gasteiger partial charge in [-0.15, -0.1) is 5.11 Å². The van der Waals surface area contributed by atoms with Crippen molar-refractivity contribution in [3.05, 3.63) is 84.9 Å². The van der Waals surface area contributed by atoms with Gasteiger partial charge in [0, 0.05) is 0 Å². The molecule has 0 fully saturated rings. The highest BCUT2D eigenvalue weighted by Crippen LogP contribution is 2.28. The maximum atomic E-state index is 11.2. The van der Waals surface area contributed by atoms with Crippen LogP contribution in [0.4, 0.5) is 17.1 Å². The maximum Gasteiger partial charge on any atom is 0.294 e. The molecule has 0 amide bonds. The Balaban J connectivity index is 1.98. The van der Waals surface area contributed by atoms with Gasteiger partial charge >= 0.3 is 0 Å². The second-order valence-corrected chi connectivity index (χ2v) is 6.56. The van der Waals surface area contributed by atoms with Crippen molar-refractivity contribution < 1.29 is 13.0 Å². The molecule has 0 aliphatic rings. The molecule has 3 aromatic carbocycles. The quantitative estimate of drug-likeness (QED) is 0.407. The molecule has 7 heteroatoms. The molecule has 0 radical (unpaired) electrons. The van der Waals surface area contributed by atoms with Gasteiger partial charge in [0.2, 0.25) is 0 Å². The van der Waals surface area contributed by atoms with Crippen LogP contribution in [-0.4, -0.2) is 13.0 Å². The predicted octanol–water partition coefficient (Wildman–Crippen LogP) is 4.77. The Labute approximate surface area is 145 Å². The first-order valence-corrected chi connectivity index (χ1v) is 8.87. The fraction of sp³-hybridized carbons (Fsp3) is 0. The van der Waals surface area contributed by atoms with Crippen LogP contribution in [0.1, 0.15) is 0 Å². The van der Waals surface area contributed by atoms with Crippen molar-refractivity contribution in [2.45, 2.75) is 4.90 Å². The van der Waals surface area contributed by atoms with Gasteiger partial charge in [-0.25, -0.2) is 5.01 Å². The first-order valence-electron chi connectivity index (χ1n) is 7.43. The molecule has 0 atom stereocenters. The molecule has 25 heavy (non-hydrogen) atoms. The Bertz CT molecular complexity index is 957. The SMILES string of the molecule is O=S(=O)(O)c1ccc(N(N=Nc2ccccc2)c2ccccc2)cc1. The number of benzene rings is 3. The number of anilines is 2. The van der Waals surface area contributed by atoms with Crippen LogP contribution in [0.25, 0.3) is 0 Å². The Morgan fingerprint density at radius 3 is 1.80 bits per heavy atom. The summed E-state index contributed by atoms with van der Waals surface area (Å²) in [6.45, 7) is 0. The Kier molecular flexibility index (Phi) is 4.87. The molecule has 3 rings (SSSR count). The van der Waals surface area contributed by atoms with Crippen LogP contribution >= 0.6 is 0 Å². The molecule has 0 aliphatic heterocycles. The topological polar surface area (TPSA) is 82.3 Å². The van der Waals surface area contributed by atoms with Gasteiger partial charge in [-0.1, -0.05) is 41.6 Å². The van der Waals surface area contributed by atoms with Crippen LogP contribution in [0.5, 0.6) is 0 Å². The second kappa shape index (κ2) is 7.25. The van der Waals surface area contributed by atoms with E-state index in [1.165, 1.54) is 12.1 Å². The highest BCUT2D eigenvalue weighted by Gasteiger charge is 2.12. The first-order chi connectivity index (χ1) is 12.0. The van der Waals surface area contributed by atoms with Crippen molar-refractivity contribution in [1.82, 2.24) is 0 Å². The van der Waals surface area contributed by atoms with Gasteiger partial charge in [-0.05, 0) is 48.5 Å². The highest BCUT2D eigenvalue weighted by atomic mass is 32.2. The monoisotopic (exact) mass is 353 g/mol. The molecule has 0 aliphatic carbocycles. The summed E-state index contributed by atoms with van der Waals surface area (Å²) in [6, 6.07) is 24.4. The lowest BCUT2D eigenvalue weighted by atomic mass is 10.2. The minimum absolute atomic E-state index is 0.177. The Morgan fingerprint density at radius 1 is 0.720 bits per heavy atom. The molecule has 0 heterocycles. The van der Waals surface area contributed by atoms with Crippen molar-refractivity contribution >= 4 is 27.2 Å². The van der Waals surface area contributed by atoms with Gasteiger partial charge in [-0.3, -0.25) is 4.55 Å². The molecule has 3 aromatic rings. The van der Waals surface area contributed by atoms with Crippen molar-refractivity contribution in [3.8, 4) is 0 Å². The van der Waals surface area contributed by atoms with Crippen LogP contribution in [0.3, 0.4) is 0 Å². The lowest BCUT2D eigenvalue weighted by molar-refractivity contribution is 0.483. The van der Waals surface area contributed by atoms with E-state index in [-0.39, 0.29) is 4.90 Å². The van der Waals surface area contributed by atoms with E-state index in [1.54, 1.807) is 17.1 Å². The molecular formula is C18H15N3O3S. The van der Waals surface area contributed by atoms with Crippen molar-refractivity contribution in [2.24, 2.45) is 10.3 Å². The third kappa shape index (κ3) is 4.28. The van der Waals surface area contributed by atoms with Crippen LogP contribution in [-0.2, 0) is 10.1 Å². The van der Waals surface area contributed by atoms with Gasteiger partial charge in [-0.2, -0.15) is 8.42 Å². The van der Waals surface area contributed by atoms with Crippen molar-refractivity contribution in [2.75, 3.05) is 5.01 Å². The number of hydrogen-bond donors (Lipinski definition) is 1. The smallest absolute Gasteiger partial charge is 0.282 e. The number of rotatable bonds is 5. The summed E-state index contributed by atoms with van der Waals surface area (Å²) >= 11 is 0. The van der Waals surface area contributed by atoms with E-state index < -0.39 is 10.1 Å². The van der Waals surface area contributed by atoms with E-state index in [0.29, 0.717) is 11.4 Å². The Hall–Kier alpha value is -3.03. The summed E-state index contributed by atoms with van der Waals surface area (Å²) in [5.41, 5.74) is 2.07. The molecule has 0 unspecified atom stereocenters. The zero-order chi connectivity index (χ0) is 17.7. The fourth-order valence-corrected chi connectivity index (χ4v) is 2.65. The highest BCUT2D eigenvalue weighted by molar-refractivity contribution is 7.85. The van der Waals surface area contributed by atoms with E-state index in [1.807, 2.05) is 60.7 Å². The molecule has 0 saturated heterocycles. The zero-order valence-electron chi connectivity index (χ0n) is 13.1. The lowest BCUT2D eigenvalue weighted by Crippen LogP contribution is -2.08. The molecule has 0 bridgehead atoms. The predicted molar refractivity (Wildman–Crippen MR) is 95.8 cm³/mol. The van der Waals surface area contributed by atoms with Crippen molar-refractivity contribution in [3.63, 3.8) is 0 Å². The van der Waals surface area contributed by atoms with Crippen LogP contribution in [0, 0.1) is 0 Å². The van der Waals surface area contributed by atoms with Gasteiger partial charge in [0.25, 0.3) is 10.1 Å². The lowest BCUT2D eigenvalue weighted by Gasteiger charge is -2.18. The number of nitrogens with zero attached hydrogens (tertiary/aromatic N) is 3. The molecule has 0 aromatic heterocycles. The molecule has 0 saturated carbocycles. The first kappa shape index (κ1) is 16.8. The fourth-order valence-electron chi connectivity index (χ4n) is 2.17. The maximum absolute atomic E-state index is 11.2. The van der Waals surface area contributed by atoms with Crippen LogP contribution in [0.15, 0.2) is 100 Å². The Morgan fingerprint density at radius 2 is 1.24 bits per heavy atom. The largest absolute Gasteiger partial charge is 0.294 e. The molecule has 126 valence electrons. The molecule has 6 nitrogen and oxygen atoms in total. The van der Waals surface area contributed by atoms with E-state index in [4.69, 9.17) is 4.55 Å². The third-order valence-corrected chi connectivity index (χ3v) is 4.25. The average molecular weight is 353 g/mol. The van der Waals surface area contributed by atoms with Crippen LogP contribution < -0.4 is 5.01 Å². The summed E-state index contributed by atoms with van der Waals surface area (Å²) in [4.78, 5) is -0.177. The van der Waals surface area contributed by atoms with Crippen molar-refractivity contribution in [1.29, 1.82) is 0 Å². The molecular weight excluding hydrogens is 338 g/mol. The van der Waals surface area contributed by atoms with E-state index >= 15 is 0 Å². The summed E-state index contributed by atoms with van der Waals surface area (Å²) in [6.07, 6.45) is 0. The van der Waals surface area contributed by atoms with Gasteiger partial charge in [0.05, 0.1) is 22.0 Å². The van der Waals surface area contributed by atoms with E-state index in [0.717, 1.165) is 5.69 Å². The summed E-state index contributed by atoms with van der Waals surface area (Å²) in [7, 11) is -4.24. The molecule has 1 N–H and O–H groups in total. The minimum Gasteiger partial charge on any atom is -0.282 e. The van der Waals surface area contributed by atoms with E-state index in [2.05, 4.69) is 10.3 Å². The standard InChI is InChI=1S/C18H15N3O3S/c22-25(23,24)18-13-11-17(12-14-18)21(16-9-5-2-6-10-16)20-19-15-7-3-1-4-8-15/h1-14H,(H,22,23,24). The van der Waals surface area contributed by atoms with Gasteiger partial charge < -0.3 is 0 Å². The second-order valence-electron chi connectivity index (χ2n) is 5.14. The van der Waals surface area contributed by atoms with E-state index in [9.17, 15) is 8.42 Å². The van der Waals surface area contributed by atoms with Crippen LogP contribution in [0.2, 0.25) is 0 Å². The normalized spacial score (nSPS) is 11.6. The molecule has 0 spiro atoms. The average Bonchev–Trinajstić information content (AvgIpc) is 2.63.